The van der Waals surface area contributed by atoms with Gasteiger partial charge in [0, 0.05) is 13.1 Å². The van der Waals surface area contributed by atoms with Crippen molar-refractivity contribution in [2.75, 3.05) is 19.7 Å². The maximum absolute atomic E-state index is 12.1. The molecule has 98 valence electrons. The van der Waals surface area contributed by atoms with Crippen LogP contribution in [0.3, 0.4) is 0 Å². The molecule has 0 spiro atoms. The SMILES string of the molecule is CC1CCN(C(=O)NC2(CO)CCCC2)CC1. The average molecular weight is 240 g/mol. The summed E-state index contributed by atoms with van der Waals surface area (Å²) in [4.78, 5) is 14.0. The largest absolute Gasteiger partial charge is 0.394 e. The lowest BCUT2D eigenvalue weighted by atomic mass is 9.98. The molecule has 2 amide bonds. The van der Waals surface area contributed by atoms with Crippen LogP contribution in [0.25, 0.3) is 0 Å². The minimum absolute atomic E-state index is 0.0212. The molecule has 0 atom stereocenters. The van der Waals surface area contributed by atoms with Gasteiger partial charge in [-0.1, -0.05) is 19.8 Å². The first-order valence-corrected chi connectivity index (χ1v) is 6.83. The first-order chi connectivity index (χ1) is 8.15. The predicted molar refractivity (Wildman–Crippen MR) is 66.8 cm³/mol. The number of hydrogen-bond donors (Lipinski definition) is 2. The molecule has 1 aliphatic carbocycles. The van der Waals surface area contributed by atoms with Gasteiger partial charge in [0.25, 0.3) is 0 Å². The molecule has 0 bridgehead atoms. The Morgan fingerprint density at radius 2 is 1.94 bits per heavy atom. The van der Waals surface area contributed by atoms with E-state index in [2.05, 4.69) is 12.2 Å². The molecule has 2 aliphatic rings. The van der Waals surface area contributed by atoms with Crippen LogP contribution >= 0.6 is 0 Å². The third-order valence-corrected chi connectivity index (χ3v) is 4.31. The summed E-state index contributed by atoms with van der Waals surface area (Å²) < 4.78 is 0. The molecule has 2 N–H and O–H groups in total. The molecule has 0 aromatic heterocycles. The van der Waals surface area contributed by atoms with Crippen molar-refractivity contribution in [2.45, 2.75) is 51.0 Å². The summed E-state index contributed by atoms with van der Waals surface area (Å²) in [7, 11) is 0. The van der Waals surface area contributed by atoms with Crippen LogP contribution in [0.15, 0.2) is 0 Å². The molecule has 2 fully saturated rings. The number of carbonyl (C=O) groups excluding carboxylic acids is 1. The second-order valence-electron chi connectivity index (χ2n) is 5.75. The number of likely N-dealkylation sites (tertiary alicyclic amines) is 1. The Morgan fingerprint density at radius 3 is 2.47 bits per heavy atom. The van der Waals surface area contributed by atoms with E-state index >= 15 is 0 Å². The number of piperidine rings is 1. The number of amides is 2. The highest BCUT2D eigenvalue weighted by atomic mass is 16.3. The third kappa shape index (κ3) is 2.92. The summed E-state index contributed by atoms with van der Waals surface area (Å²) in [5.41, 5.74) is -0.333. The molecule has 17 heavy (non-hydrogen) atoms. The molecule has 1 heterocycles. The Morgan fingerprint density at radius 1 is 1.35 bits per heavy atom. The zero-order valence-corrected chi connectivity index (χ0v) is 10.7. The molecule has 1 aliphatic heterocycles. The van der Waals surface area contributed by atoms with Crippen LogP contribution in [0.2, 0.25) is 0 Å². The number of nitrogens with one attached hydrogen (secondary N) is 1. The van der Waals surface area contributed by atoms with Crippen LogP contribution in [0.5, 0.6) is 0 Å². The van der Waals surface area contributed by atoms with Gasteiger partial charge in [-0.05, 0) is 31.6 Å². The summed E-state index contributed by atoms with van der Waals surface area (Å²) in [6.07, 6.45) is 6.24. The van der Waals surface area contributed by atoms with Gasteiger partial charge in [0.1, 0.15) is 0 Å². The highest BCUT2D eigenvalue weighted by Crippen LogP contribution is 2.29. The Kier molecular flexibility index (Phi) is 3.92. The summed E-state index contributed by atoms with van der Waals surface area (Å²) in [6.45, 7) is 4.02. The molecule has 0 unspecified atom stereocenters. The van der Waals surface area contributed by atoms with E-state index in [0.717, 1.165) is 57.5 Å². The topological polar surface area (TPSA) is 52.6 Å². The maximum Gasteiger partial charge on any atom is 0.317 e. The third-order valence-electron chi connectivity index (χ3n) is 4.31. The fraction of sp³-hybridized carbons (Fsp3) is 0.923. The highest BCUT2D eigenvalue weighted by Gasteiger charge is 2.36. The zero-order chi connectivity index (χ0) is 12.3. The lowest BCUT2D eigenvalue weighted by molar-refractivity contribution is 0.134. The number of nitrogens with zero attached hydrogens (tertiary/aromatic N) is 1. The first-order valence-electron chi connectivity index (χ1n) is 6.83. The second kappa shape index (κ2) is 5.25. The van der Waals surface area contributed by atoms with Gasteiger partial charge >= 0.3 is 6.03 Å². The number of rotatable bonds is 2. The molecule has 4 nitrogen and oxygen atoms in total. The van der Waals surface area contributed by atoms with Crippen molar-refractivity contribution in [2.24, 2.45) is 5.92 Å². The molecule has 2 rings (SSSR count). The highest BCUT2D eigenvalue weighted by molar-refractivity contribution is 5.75. The number of carbonyl (C=O) groups is 1. The van der Waals surface area contributed by atoms with Gasteiger partial charge in [-0.15, -0.1) is 0 Å². The summed E-state index contributed by atoms with van der Waals surface area (Å²) in [6, 6.07) is 0.0212. The van der Waals surface area contributed by atoms with Gasteiger partial charge in [-0.3, -0.25) is 0 Å². The van der Waals surface area contributed by atoms with E-state index in [9.17, 15) is 9.90 Å². The van der Waals surface area contributed by atoms with Crippen molar-refractivity contribution in [3.63, 3.8) is 0 Å². The molecule has 0 radical (unpaired) electrons. The smallest absolute Gasteiger partial charge is 0.317 e. The number of urea groups is 1. The van der Waals surface area contributed by atoms with Crippen LogP contribution in [-0.2, 0) is 0 Å². The summed E-state index contributed by atoms with van der Waals surface area (Å²) in [5.74, 6) is 0.734. The van der Waals surface area contributed by atoms with Crippen LogP contribution in [-0.4, -0.2) is 41.3 Å². The Balaban J connectivity index is 1.87. The fourth-order valence-corrected chi connectivity index (χ4v) is 2.89. The lowest BCUT2D eigenvalue weighted by Crippen LogP contribution is -2.55. The minimum Gasteiger partial charge on any atom is -0.394 e. The van der Waals surface area contributed by atoms with E-state index in [4.69, 9.17) is 0 Å². The molecule has 1 saturated carbocycles. The molecular formula is C13H24N2O2. The zero-order valence-electron chi connectivity index (χ0n) is 10.7. The van der Waals surface area contributed by atoms with Gasteiger partial charge in [0.05, 0.1) is 12.1 Å². The van der Waals surface area contributed by atoms with E-state index in [1.165, 1.54) is 0 Å². The predicted octanol–water partition coefficient (Wildman–Crippen LogP) is 1.73. The molecular weight excluding hydrogens is 216 g/mol. The number of hydrogen-bond acceptors (Lipinski definition) is 2. The normalized spacial score (nSPS) is 24.9. The average Bonchev–Trinajstić information content (AvgIpc) is 2.79. The van der Waals surface area contributed by atoms with Crippen molar-refractivity contribution in [1.82, 2.24) is 10.2 Å². The van der Waals surface area contributed by atoms with E-state index in [1.807, 2.05) is 4.90 Å². The molecule has 4 heteroatoms. The van der Waals surface area contributed by atoms with E-state index < -0.39 is 0 Å². The van der Waals surface area contributed by atoms with Crippen LogP contribution in [0.1, 0.15) is 45.4 Å². The molecule has 1 saturated heterocycles. The second-order valence-corrected chi connectivity index (χ2v) is 5.75. The first kappa shape index (κ1) is 12.7. The van der Waals surface area contributed by atoms with Gasteiger partial charge in [0.2, 0.25) is 0 Å². The van der Waals surface area contributed by atoms with E-state index in [0.29, 0.717) is 0 Å². The van der Waals surface area contributed by atoms with Crippen molar-refractivity contribution in [3.8, 4) is 0 Å². The quantitative estimate of drug-likeness (QED) is 0.772. The molecule has 0 aromatic rings. The number of aliphatic hydroxyl groups excluding tert-OH is 1. The van der Waals surface area contributed by atoms with Crippen molar-refractivity contribution in [1.29, 1.82) is 0 Å². The molecule has 0 aromatic carbocycles. The Bertz CT molecular complexity index is 267. The van der Waals surface area contributed by atoms with E-state index in [1.54, 1.807) is 0 Å². The Labute approximate surface area is 103 Å². The van der Waals surface area contributed by atoms with Crippen molar-refractivity contribution >= 4 is 6.03 Å². The van der Waals surface area contributed by atoms with Crippen LogP contribution in [0.4, 0.5) is 4.79 Å². The van der Waals surface area contributed by atoms with Gasteiger partial charge < -0.3 is 15.3 Å². The maximum atomic E-state index is 12.1. The van der Waals surface area contributed by atoms with Gasteiger partial charge in [-0.2, -0.15) is 0 Å². The van der Waals surface area contributed by atoms with Crippen LogP contribution in [0, 0.1) is 5.92 Å². The fourth-order valence-electron chi connectivity index (χ4n) is 2.89. The monoisotopic (exact) mass is 240 g/mol. The van der Waals surface area contributed by atoms with Crippen LogP contribution < -0.4 is 5.32 Å². The van der Waals surface area contributed by atoms with E-state index in [-0.39, 0.29) is 18.2 Å². The standard InChI is InChI=1S/C13H24N2O2/c1-11-4-8-15(9-5-11)12(17)14-13(10-16)6-2-3-7-13/h11,16H,2-10H2,1H3,(H,14,17). The summed E-state index contributed by atoms with van der Waals surface area (Å²) in [5, 5.41) is 12.5. The summed E-state index contributed by atoms with van der Waals surface area (Å²) >= 11 is 0. The minimum atomic E-state index is -0.333. The van der Waals surface area contributed by atoms with Crippen molar-refractivity contribution < 1.29 is 9.90 Å². The van der Waals surface area contributed by atoms with Gasteiger partial charge in [0.15, 0.2) is 0 Å². The lowest BCUT2D eigenvalue weighted by Gasteiger charge is -2.35. The Hall–Kier alpha value is -0.770. The van der Waals surface area contributed by atoms with Crippen molar-refractivity contribution in [3.05, 3.63) is 0 Å². The van der Waals surface area contributed by atoms with Gasteiger partial charge in [-0.25, -0.2) is 4.79 Å². The number of aliphatic hydroxyl groups is 1.